The lowest BCUT2D eigenvalue weighted by atomic mass is 10.1. The van der Waals surface area contributed by atoms with Crippen molar-refractivity contribution in [2.45, 2.75) is 26.8 Å². The van der Waals surface area contributed by atoms with Crippen LogP contribution in [0.25, 0.3) is 0 Å². The first-order chi connectivity index (χ1) is 6.84. The summed E-state index contributed by atoms with van der Waals surface area (Å²) < 4.78 is 0. The van der Waals surface area contributed by atoms with Crippen LogP contribution < -0.4 is 0 Å². The molecule has 1 aliphatic rings. The lowest BCUT2D eigenvalue weighted by molar-refractivity contribution is -0.121. The molecule has 1 heterocycles. The van der Waals surface area contributed by atoms with Crippen LogP contribution in [0, 0.1) is 0 Å². The molecule has 1 aliphatic heterocycles. The van der Waals surface area contributed by atoms with Gasteiger partial charge in [0.05, 0.1) is 0 Å². The maximum atomic E-state index is 11.0. The standard InChI is InChI=1S/C12H15NO.CH4/c14-12-6-8-13(9-7-12)10-11-4-2-1-3-5-11;/h1-5H,6-10H2;1H4. The van der Waals surface area contributed by atoms with Crippen molar-refractivity contribution in [2.24, 2.45) is 0 Å². The lowest BCUT2D eigenvalue weighted by Gasteiger charge is -2.25. The number of carbonyl (C=O) groups is 1. The van der Waals surface area contributed by atoms with E-state index >= 15 is 0 Å². The Bertz CT molecular complexity index is 298. The van der Waals surface area contributed by atoms with E-state index in [-0.39, 0.29) is 7.43 Å². The fourth-order valence-corrected chi connectivity index (χ4v) is 1.80. The Morgan fingerprint density at radius 3 is 2.27 bits per heavy atom. The van der Waals surface area contributed by atoms with E-state index in [2.05, 4.69) is 29.2 Å². The largest absolute Gasteiger partial charge is 0.300 e. The Hall–Kier alpha value is -1.15. The number of ketones is 1. The van der Waals surface area contributed by atoms with Gasteiger partial charge in [0.25, 0.3) is 0 Å². The van der Waals surface area contributed by atoms with Gasteiger partial charge >= 0.3 is 0 Å². The topological polar surface area (TPSA) is 20.3 Å². The third kappa shape index (κ3) is 3.48. The fourth-order valence-electron chi connectivity index (χ4n) is 1.80. The molecule has 1 saturated heterocycles. The van der Waals surface area contributed by atoms with Crippen molar-refractivity contribution in [3.8, 4) is 0 Å². The van der Waals surface area contributed by atoms with Crippen molar-refractivity contribution in [1.29, 1.82) is 0 Å². The summed E-state index contributed by atoms with van der Waals surface area (Å²) in [7, 11) is 0. The Labute approximate surface area is 91.9 Å². The number of hydrogen-bond donors (Lipinski definition) is 0. The van der Waals surface area contributed by atoms with Crippen molar-refractivity contribution in [3.05, 3.63) is 35.9 Å². The number of nitrogens with zero attached hydrogens (tertiary/aromatic N) is 1. The number of carbonyl (C=O) groups excluding carboxylic acids is 1. The molecule has 0 bridgehead atoms. The molecule has 0 N–H and O–H groups in total. The number of likely N-dealkylation sites (tertiary alicyclic amines) is 1. The van der Waals surface area contributed by atoms with E-state index in [0.717, 1.165) is 32.5 Å². The minimum atomic E-state index is 0. The van der Waals surface area contributed by atoms with Crippen LogP contribution in [0.2, 0.25) is 0 Å². The molecule has 0 radical (unpaired) electrons. The van der Waals surface area contributed by atoms with Crippen LogP contribution in [0.4, 0.5) is 0 Å². The average molecular weight is 205 g/mol. The Kier molecular flexibility index (Phi) is 4.50. The van der Waals surface area contributed by atoms with Gasteiger partial charge in [0, 0.05) is 32.5 Å². The molecule has 0 atom stereocenters. The zero-order valence-corrected chi connectivity index (χ0v) is 8.28. The molecule has 15 heavy (non-hydrogen) atoms. The smallest absolute Gasteiger partial charge is 0.135 e. The van der Waals surface area contributed by atoms with E-state index in [0.29, 0.717) is 5.78 Å². The molecule has 0 amide bonds. The zero-order chi connectivity index (χ0) is 9.80. The van der Waals surface area contributed by atoms with Crippen LogP contribution in [0.3, 0.4) is 0 Å². The summed E-state index contributed by atoms with van der Waals surface area (Å²) in [4.78, 5) is 13.4. The van der Waals surface area contributed by atoms with Gasteiger partial charge in [0.15, 0.2) is 0 Å². The monoisotopic (exact) mass is 205 g/mol. The first kappa shape index (κ1) is 11.9. The summed E-state index contributed by atoms with van der Waals surface area (Å²) in [6.45, 7) is 2.83. The van der Waals surface area contributed by atoms with Crippen molar-refractivity contribution < 1.29 is 4.79 Å². The quantitative estimate of drug-likeness (QED) is 0.739. The second kappa shape index (κ2) is 5.66. The highest BCUT2D eigenvalue weighted by Crippen LogP contribution is 2.10. The van der Waals surface area contributed by atoms with Gasteiger partial charge in [0.1, 0.15) is 5.78 Å². The van der Waals surface area contributed by atoms with E-state index in [4.69, 9.17) is 0 Å². The minimum Gasteiger partial charge on any atom is -0.300 e. The van der Waals surface area contributed by atoms with Gasteiger partial charge < -0.3 is 0 Å². The minimum absolute atomic E-state index is 0. The Morgan fingerprint density at radius 2 is 1.67 bits per heavy atom. The van der Waals surface area contributed by atoms with Gasteiger partial charge in [-0.1, -0.05) is 37.8 Å². The maximum absolute atomic E-state index is 11.0. The molecule has 1 fully saturated rings. The van der Waals surface area contributed by atoms with Gasteiger partial charge in [-0.3, -0.25) is 9.69 Å². The third-order valence-electron chi connectivity index (χ3n) is 2.66. The summed E-state index contributed by atoms with van der Waals surface area (Å²) in [5.74, 6) is 0.411. The highest BCUT2D eigenvalue weighted by atomic mass is 16.1. The van der Waals surface area contributed by atoms with Crippen molar-refractivity contribution in [1.82, 2.24) is 4.90 Å². The van der Waals surface area contributed by atoms with E-state index < -0.39 is 0 Å². The Morgan fingerprint density at radius 1 is 1.07 bits per heavy atom. The van der Waals surface area contributed by atoms with Gasteiger partial charge in [-0.05, 0) is 5.56 Å². The van der Waals surface area contributed by atoms with Crippen molar-refractivity contribution >= 4 is 5.78 Å². The molecular weight excluding hydrogens is 186 g/mol. The van der Waals surface area contributed by atoms with E-state index in [1.807, 2.05) is 6.07 Å². The van der Waals surface area contributed by atoms with Gasteiger partial charge in [-0.2, -0.15) is 0 Å². The molecule has 0 unspecified atom stereocenters. The van der Waals surface area contributed by atoms with Crippen LogP contribution in [0.15, 0.2) is 30.3 Å². The molecule has 0 saturated carbocycles. The second-order valence-corrected chi connectivity index (χ2v) is 3.80. The van der Waals surface area contributed by atoms with Crippen LogP contribution in [0.1, 0.15) is 25.8 Å². The number of hydrogen-bond acceptors (Lipinski definition) is 2. The van der Waals surface area contributed by atoms with Crippen molar-refractivity contribution in [3.63, 3.8) is 0 Å². The summed E-state index contributed by atoms with van der Waals surface area (Å²) in [5, 5.41) is 0. The third-order valence-corrected chi connectivity index (χ3v) is 2.66. The molecule has 82 valence electrons. The molecule has 1 aromatic carbocycles. The Balaban J connectivity index is 0.00000112. The van der Waals surface area contributed by atoms with Crippen LogP contribution in [0.5, 0.6) is 0 Å². The van der Waals surface area contributed by atoms with Crippen LogP contribution >= 0.6 is 0 Å². The predicted molar refractivity (Wildman–Crippen MR) is 62.7 cm³/mol. The summed E-state index contributed by atoms with van der Waals surface area (Å²) in [5.41, 5.74) is 1.34. The van der Waals surface area contributed by atoms with Gasteiger partial charge in [0.2, 0.25) is 0 Å². The van der Waals surface area contributed by atoms with Crippen molar-refractivity contribution in [2.75, 3.05) is 13.1 Å². The molecule has 0 aromatic heterocycles. The normalized spacial score (nSPS) is 17.2. The summed E-state index contributed by atoms with van der Waals surface area (Å²) in [6.07, 6.45) is 1.46. The first-order valence-electron chi connectivity index (χ1n) is 5.12. The lowest BCUT2D eigenvalue weighted by Crippen LogP contribution is -2.33. The number of rotatable bonds is 2. The second-order valence-electron chi connectivity index (χ2n) is 3.80. The molecule has 0 aliphatic carbocycles. The molecule has 2 nitrogen and oxygen atoms in total. The molecule has 0 spiro atoms. The first-order valence-corrected chi connectivity index (χ1v) is 5.12. The molecular formula is C13H19NO. The predicted octanol–water partition coefficient (Wildman–Crippen LogP) is 2.49. The highest BCUT2D eigenvalue weighted by Gasteiger charge is 2.15. The maximum Gasteiger partial charge on any atom is 0.135 e. The summed E-state index contributed by atoms with van der Waals surface area (Å²) >= 11 is 0. The SMILES string of the molecule is C.O=C1CCN(Cc2ccccc2)CC1. The number of piperidine rings is 1. The zero-order valence-electron chi connectivity index (χ0n) is 8.28. The number of Topliss-reactive ketones (excluding diaryl/α,β-unsaturated/α-hetero) is 1. The van der Waals surface area contributed by atoms with Crippen LogP contribution in [-0.4, -0.2) is 23.8 Å². The molecule has 1 aromatic rings. The molecule has 2 heteroatoms. The van der Waals surface area contributed by atoms with E-state index in [1.165, 1.54) is 5.56 Å². The van der Waals surface area contributed by atoms with Crippen LogP contribution in [-0.2, 0) is 11.3 Å². The van der Waals surface area contributed by atoms with E-state index in [1.54, 1.807) is 0 Å². The number of benzene rings is 1. The van der Waals surface area contributed by atoms with E-state index in [9.17, 15) is 4.79 Å². The highest BCUT2D eigenvalue weighted by molar-refractivity contribution is 5.79. The average Bonchev–Trinajstić information content (AvgIpc) is 2.23. The van der Waals surface area contributed by atoms with Gasteiger partial charge in [-0.25, -0.2) is 0 Å². The summed E-state index contributed by atoms with van der Waals surface area (Å²) in [6, 6.07) is 10.4. The fraction of sp³-hybridized carbons (Fsp3) is 0.462. The van der Waals surface area contributed by atoms with Gasteiger partial charge in [-0.15, -0.1) is 0 Å². The molecule has 2 rings (SSSR count).